The first-order valence-electron chi connectivity index (χ1n) is 12.5. The number of carbonyl (C=O) groups is 2. The Kier molecular flexibility index (Phi) is 10.9. The summed E-state index contributed by atoms with van der Waals surface area (Å²) in [6.07, 6.45) is 1.63. The summed E-state index contributed by atoms with van der Waals surface area (Å²) in [6, 6.07) is 13.4. The standard InChI is InChI=1S/C16H15ClFN3O.C14H11ClFN3O/c1-10(2)21-9-11(19-3)7-15(21)16(22)20-8-12-13(17)5-4-6-14(12)18;1-17-13-7-6-12(19(13)2)14(20)18-8-9-10(15)4-3-5-11(9)16/h4-7,9-10H,8H2,1-2H3,(H,20,22);3-7H,8H2,2H3,(H,18,20). The van der Waals surface area contributed by atoms with Gasteiger partial charge in [-0.2, -0.15) is 0 Å². The fraction of sp³-hybridized carbons (Fsp3) is 0.200. The molecule has 2 N–H and O–H groups in total. The summed E-state index contributed by atoms with van der Waals surface area (Å²) in [7, 11) is 1.62. The van der Waals surface area contributed by atoms with E-state index in [9.17, 15) is 18.4 Å². The van der Waals surface area contributed by atoms with Gasteiger partial charge in [0.2, 0.25) is 11.5 Å². The van der Waals surface area contributed by atoms with Crippen LogP contribution in [0.25, 0.3) is 9.69 Å². The second kappa shape index (κ2) is 14.3. The van der Waals surface area contributed by atoms with Crippen molar-refractivity contribution in [3.8, 4) is 0 Å². The van der Waals surface area contributed by atoms with Gasteiger partial charge in [-0.3, -0.25) is 14.2 Å². The summed E-state index contributed by atoms with van der Waals surface area (Å²) in [6.45, 7) is 17.8. The molecule has 0 aliphatic rings. The molecule has 4 aromatic rings. The van der Waals surface area contributed by atoms with Crippen molar-refractivity contribution in [2.24, 2.45) is 7.05 Å². The van der Waals surface area contributed by atoms with Gasteiger partial charge in [-0.1, -0.05) is 41.9 Å². The number of halogens is 4. The Morgan fingerprint density at radius 2 is 1.38 bits per heavy atom. The molecule has 4 rings (SSSR count). The van der Waals surface area contributed by atoms with Crippen molar-refractivity contribution >= 4 is 46.5 Å². The molecule has 0 bridgehead atoms. The van der Waals surface area contributed by atoms with E-state index in [0.29, 0.717) is 22.9 Å². The minimum absolute atomic E-state index is 0.0110. The lowest BCUT2D eigenvalue weighted by Crippen LogP contribution is -2.26. The zero-order chi connectivity index (χ0) is 31.0. The normalized spacial score (nSPS) is 10.3. The zero-order valence-electron chi connectivity index (χ0n) is 22.9. The second-order valence-corrected chi connectivity index (χ2v) is 10.0. The first-order valence-corrected chi connectivity index (χ1v) is 13.3. The predicted molar refractivity (Wildman–Crippen MR) is 158 cm³/mol. The number of amides is 2. The van der Waals surface area contributed by atoms with Crippen LogP contribution in [-0.2, 0) is 20.1 Å². The minimum Gasteiger partial charge on any atom is -0.364 e. The Balaban J connectivity index is 0.000000231. The monoisotopic (exact) mass is 610 g/mol. The third-order valence-corrected chi connectivity index (χ3v) is 6.88. The number of hydrogen-bond acceptors (Lipinski definition) is 2. The molecule has 2 heterocycles. The van der Waals surface area contributed by atoms with Crippen molar-refractivity contribution in [3.63, 3.8) is 0 Å². The molecule has 12 heteroatoms. The zero-order valence-corrected chi connectivity index (χ0v) is 24.4. The van der Waals surface area contributed by atoms with Gasteiger partial charge in [0.15, 0.2) is 5.69 Å². The number of nitrogens with zero attached hydrogens (tertiary/aromatic N) is 4. The summed E-state index contributed by atoms with van der Waals surface area (Å²) in [5.41, 5.74) is 1.58. The fourth-order valence-electron chi connectivity index (χ4n) is 3.90. The quantitative estimate of drug-likeness (QED) is 0.211. The van der Waals surface area contributed by atoms with Crippen molar-refractivity contribution in [2.75, 3.05) is 0 Å². The van der Waals surface area contributed by atoms with Crippen LogP contribution in [0.3, 0.4) is 0 Å². The van der Waals surface area contributed by atoms with Gasteiger partial charge in [-0.25, -0.2) is 13.6 Å². The number of nitrogens with one attached hydrogen (secondary N) is 2. The fourth-order valence-corrected chi connectivity index (χ4v) is 4.36. The highest BCUT2D eigenvalue weighted by Gasteiger charge is 2.17. The Bertz CT molecular complexity index is 1660. The molecular weight excluding hydrogens is 585 g/mol. The maximum absolute atomic E-state index is 13.7. The van der Waals surface area contributed by atoms with Crippen LogP contribution in [0.1, 0.15) is 52.0 Å². The third-order valence-electron chi connectivity index (χ3n) is 6.17. The summed E-state index contributed by atoms with van der Waals surface area (Å²) >= 11 is 11.8. The topological polar surface area (TPSA) is 76.8 Å². The van der Waals surface area contributed by atoms with E-state index in [0.717, 1.165) is 0 Å². The highest BCUT2D eigenvalue weighted by atomic mass is 35.5. The second-order valence-electron chi connectivity index (χ2n) is 9.21. The summed E-state index contributed by atoms with van der Waals surface area (Å²) in [4.78, 5) is 30.9. The van der Waals surface area contributed by atoms with Crippen LogP contribution >= 0.6 is 23.2 Å². The van der Waals surface area contributed by atoms with Gasteiger partial charge in [0.1, 0.15) is 11.6 Å². The van der Waals surface area contributed by atoms with E-state index in [1.165, 1.54) is 34.9 Å². The summed E-state index contributed by atoms with van der Waals surface area (Å²) < 4.78 is 30.4. The molecule has 0 spiro atoms. The lowest BCUT2D eigenvalue weighted by molar-refractivity contribution is 0.0933. The van der Waals surface area contributed by atoms with Crippen LogP contribution in [-0.4, -0.2) is 20.9 Å². The maximum atomic E-state index is 13.7. The highest BCUT2D eigenvalue weighted by Crippen LogP contribution is 2.23. The lowest BCUT2D eigenvalue weighted by atomic mass is 10.2. The Morgan fingerprint density at radius 1 is 0.857 bits per heavy atom. The molecule has 2 amide bonds. The molecule has 0 radical (unpaired) electrons. The highest BCUT2D eigenvalue weighted by molar-refractivity contribution is 6.31. The largest absolute Gasteiger partial charge is 0.364 e. The van der Waals surface area contributed by atoms with Crippen molar-refractivity contribution in [1.29, 1.82) is 0 Å². The number of aromatic nitrogens is 2. The van der Waals surface area contributed by atoms with E-state index in [1.54, 1.807) is 42.1 Å². The Labute approximate surface area is 252 Å². The number of carbonyl (C=O) groups excluding carboxylic acids is 2. The first kappa shape index (κ1) is 31.9. The molecular formula is C30H26Cl2F2N6O2. The first-order chi connectivity index (χ1) is 20.0. The molecule has 216 valence electrons. The molecule has 0 unspecified atom stereocenters. The molecule has 2 aromatic carbocycles. The van der Waals surface area contributed by atoms with Crippen molar-refractivity contribution in [1.82, 2.24) is 19.8 Å². The van der Waals surface area contributed by atoms with Crippen molar-refractivity contribution in [3.05, 3.63) is 128 Å². The third kappa shape index (κ3) is 7.55. The average molecular weight is 611 g/mol. The van der Waals surface area contributed by atoms with Gasteiger partial charge >= 0.3 is 0 Å². The predicted octanol–water partition coefficient (Wildman–Crippen LogP) is 7.64. The van der Waals surface area contributed by atoms with Crippen LogP contribution in [0.5, 0.6) is 0 Å². The van der Waals surface area contributed by atoms with E-state index in [1.807, 2.05) is 13.8 Å². The SMILES string of the molecule is [C-]#[N+]c1cc(C(=O)NCc2c(F)cccc2Cl)n(C(C)C)c1.[C-]#[N+]c1ccc(C(=O)NCc2c(F)cccc2Cl)n1C. The van der Waals surface area contributed by atoms with Gasteiger partial charge in [-0.05, 0) is 56.3 Å². The summed E-state index contributed by atoms with van der Waals surface area (Å²) in [5.74, 6) is -1.33. The molecule has 2 aromatic heterocycles. The molecule has 0 atom stereocenters. The van der Waals surface area contributed by atoms with Crippen molar-refractivity contribution in [2.45, 2.75) is 33.0 Å². The molecule has 8 nitrogen and oxygen atoms in total. The minimum atomic E-state index is -0.466. The summed E-state index contributed by atoms with van der Waals surface area (Å²) in [5, 5.41) is 5.76. The average Bonchev–Trinajstić information content (AvgIpc) is 3.56. The molecule has 42 heavy (non-hydrogen) atoms. The molecule has 0 saturated heterocycles. The van der Waals surface area contributed by atoms with E-state index in [4.69, 9.17) is 36.3 Å². The Morgan fingerprint density at radius 3 is 1.81 bits per heavy atom. The molecule has 0 fully saturated rings. The van der Waals surface area contributed by atoms with Gasteiger partial charge in [0, 0.05) is 46.5 Å². The smallest absolute Gasteiger partial charge is 0.289 e. The molecule has 0 aliphatic carbocycles. The van der Waals surface area contributed by atoms with Gasteiger partial charge in [0.25, 0.3) is 11.8 Å². The maximum Gasteiger partial charge on any atom is 0.289 e. The van der Waals surface area contributed by atoms with E-state index in [2.05, 4.69) is 20.3 Å². The number of hydrogen-bond donors (Lipinski definition) is 2. The van der Waals surface area contributed by atoms with E-state index in [-0.39, 0.29) is 52.1 Å². The van der Waals surface area contributed by atoms with Crippen LogP contribution in [0.15, 0.2) is 60.8 Å². The van der Waals surface area contributed by atoms with Gasteiger partial charge in [-0.15, -0.1) is 0 Å². The number of benzene rings is 2. The van der Waals surface area contributed by atoms with Crippen LogP contribution in [0.4, 0.5) is 20.3 Å². The lowest BCUT2D eigenvalue weighted by Gasteiger charge is -2.13. The van der Waals surface area contributed by atoms with Crippen LogP contribution in [0.2, 0.25) is 10.0 Å². The molecule has 0 aliphatic heterocycles. The van der Waals surface area contributed by atoms with E-state index >= 15 is 0 Å². The van der Waals surface area contributed by atoms with Crippen molar-refractivity contribution < 1.29 is 18.4 Å². The Hall–Kier alpha value is -4.64. The van der Waals surface area contributed by atoms with E-state index < -0.39 is 11.6 Å². The van der Waals surface area contributed by atoms with Crippen LogP contribution < -0.4 is 10.6 Å². The van der Waals surface area contributed by atoms with Gasteiger partial charge in [0.05, 0.1) is 19.3 Å². The number of rotatable bonds is 7. The van der Waals surface area contributed by atoms with Crippen LogP contribution in [0, 0.1) is 24.8 Å². The van der Waals surface area contributed by atoms with Gasteiger partial charge < -0.3 is 20.0 Å². The molecule has 0 saturated carbocycles.